The van der Waals surface area contributed by atoms with Crippen molar-refractivity contribution in [1.82, 2.24) is 25.0 Å². The first-order valence-electron chi connectivity index (χ1n) is 7.62. The van der Waals surface area contributed by atoms with Crippen LogP contribution in [0.1, 0.15) is 50.8 Å². The maximum atomic E-state index is 12.3. The van der Waals surface area contributed by atoms with Crippen molar-refractivity contribution in [3.8, 4) is 0 Å². The molecule has 1 N–H and O–H groups in total. The summed E-state index contributed by atoms with van der Waals surface area (Å²) in [7, 11) is 0. The quantitative estimate of drug-likeness (QED) is 0.895. The number of fused-ring (bicyclic) bond motifs is 1. The Morgan fingerprint density at radius 1 is 1.35 bits per heavy atom. The number of piperidine rings is 1. The van der Waals surface area contributed by atoms with E-state index in [0.717, 1.165) is 50.5 Å². The zero-order valence-electron chi connectivity index (χ0n) is 12.3. The van der Waals surface area contributed by atoms with Crippen LogP contribution in [-0.4, -0.2) is 38.8 Å². The zero-order chi connectivity index (χ0) is 14.1. The molecule has 2 aliphatic rings. The van der Waals surface area contributed by atoms with Crippen LogP contribution >= 0.6 is 0 Å². The van der Waals surface area contributed by atoms with Crippen molar-refractivity contribution in [2.24, 2.45) is 5.92 Å². The molecule has 3 heterocycles. The van der Waals surface area contributed by atoms with Crippen LogP contribution in [0.15, 0.2) is 0 Å². The van der Waals surface area contributed by atoms with Gasteiger partial charge in [0.1, 0.15) is 5.82 Å². The highest BCUT2D eigenvalue weighted by molar-refractivity contribution is 5.74. The molecule has 2 aliphatic heterocycles. The second-order valence-electron chi connectivity index (χ2n) is 6.09. The molecule has 0 aromatic carbocycles. The molecular formula is C14H23N5O. The largest absolute Gasteiger partial charge is 0.328 e. The van der Waals surface area contributed by atoms with Crippen LogP contribution in [0, 0.1) is 5.92 Å². The summed E-state index contributed by atoms with van der Waals surface area (Å²) in [6.45, 7) is 6.88. The minimum Gasteiger partial charge on any atom is -0.328 e. The third-order valence-corrected chi connectivity index (χ3v) is 4.31. The number of urea groups is 1. The van der Waals surface area contributed by atoms with Crippen LogP contribution in [-0.2, 0) is 13.0 Å². The Labute approximate surface area is 119 Å². The second kappa shape index (κ2) is 5.42. The van der Waals surface area contributed by atoms with Crippen molar-refractivity contribution in [2.45, 2.75) is 52.1 Å². The summed E-state index contributed by atoms with van der Waals surface area (Å²) in [6.07, 6.45) is 4.44. The highest BCUT2D eigenvalue weighted by Gasteiger charge is 2.25. The zero-order valence-corrected chi connectivity index (χ0v) is 12.3. The molecule has 0 radical (unpaired) electrons. The van der Waals surface area contributed by atoms with Gasteiger partial charge < -0.3 is 14.8 Å². The molecule has 3 rings (SSSR count). The van der Waals surface area contributed by atoms with E-state index in [1.165, 1.54) is 6.42 Å². The third-order valence-electron chi connectivity index (χ3n) is 4.31. The second-order valence-corrected chi connectivity index (χ2v) is 6.09. The van der Waals surface area contributed by atoms with E-state index in [2.05, 4.69) is 27.0 Å². The molecule has 2 atom stereocenters. The molecule has 6 heteroatoms. The Bertz CT molecular complexity index is 498. The number of rotatable bonds is 2. The predicted octanol–water partition coefficient (Wildman–Crippen LogP) is 1.73. The van der Waals surface area contributed by atoms with E-state index in [9.17, 15) is 4.79 Å². The Morgan fingerprint density at radius 3 is 3.00 bits per heavy atom. The summed E-state index contributed by atoms with van der Waals surface area (Å²) in [4.78, 5) is 14.2. The van der Waals surface area contributed by atoms with E-state index in [-0.39, 0.29) is 12.1 Å². The molecule has 0 bridgehead atoms. The van der Waals surface area contributed by atoms with Gasteiger partial charge in [0.2, 0.25) is 0 Å². The Morgan fingerprint density at radius 2 is 2.20 bits per heavy atom. The average Bonchev–Trinajstić information content (AvgIpc) is 3.00. The van der Waals surface area contributed by atoms with Gasteiger partial charge in [0.05, 0.1) is 6.04 Å². The van der Waals surface area contributed by atoms with E-state index in [4.69, 9.17) is 0 Å². The minimum atomic E-state index is -0.0842. The fraction of sp³-hybridized carbons (Fsp3) is 0.786. The van der Waals surface area contributed by atoms with Crippen LogP contribution in [0.3, 0.4) is 0 Å². The van der Waals surface area contributed by atoms with Gasteiger partial charge in [-0.25, -0.2) is 4.79 Å². The van der Waals surface area contributed by atoms with Gasteiger partial charge in [-0.3, -0.25) is 0 Å². The van der Waals surface area contributed by atoms with Gasteiger partial charge in [0.15, 0.2) is 5.82 Å². The highest BCUT2D eigenvalue weighted by Crippen LogP contribution is 2.20. The number of aromatic nitrogens is 3. The molecule has 6 nitrogen and oxygen atoms in total. The predicted molar refractivity (Wildman–Crippen MR) is 75.3 cm³/mol. The molecule has 110 valence electrons. The van der Waals surface area contributed by atoms with E-state index in [0.29, 0.717) is 5.92 Å². The van der Waals surface area contributed by atoms with Crippen LogP contribution in [0.5, 0.6) is 0 Å². The number of nitrogens with one attached hydrogen (secondary N) is 1. The lowest BCUT2D eigenvalue weighted by molar-refractivity contribution is 0.166. The summed E-state index contributed by atoms with van der Waals surface area (Å²) in [5.41, 5.74) is 0. The molecule has 2 amide bonds. The first-order chi connectivity index (χ1) is 9.65. The lowest BCUT2D eigenvalue weighted by atomic mass is 10.0. The number of likely N-dealkylation sites (tertiary alicyclic amines) is 1. The standard InChI is InChI=1S/C14H23N5O/c1-10-5-3-7-18(9-10)14(20)15-11(2)13-17-16-12-6-4-8-19(12)13/h10-11H,3-9H2,1-2H3,(H,15,20). The van der Waals surface area contributed by atoms with Crippen molar-refractivity contribution < 1.29 is 4.79 Å². The van der Waals surface area contributed by atoms with Crippen molar-refractivity contribution in [3.05, 3.63) is 11.6 Å². The Kier molecular flexibility index (Phi) is 3.63. The number of carbonyl (C=O) groups is 1. The maximum absolute atomic E-state index is 12.3. The number of hydrogen-bond donors (Lipinski definition) is 1. The van der Waals surface area contributed by atoms with Gasteiger partial charge in [-0.2, -0.15) is 0 Å². The number of amides is 2. The van der Waals surface area contributed by atoms with Crippen molar-refractivity contribution in [2.75, 3.05) is 13.1 Å². The molecule has 20 heavy (non-hydrogen) atoms. The highest BCUT2D eigenvalue weighted by atomic mass is 16.2. The molecule has 1 aromatic rings. The monoisotopic (exact) mass is 277 g/mol. The van der Waals surface area contributed by atoms with Crippen molar-refractivity contribution in [3.63, 3.8) is 0 Å². The van der Waals surface area contributed by atoms with Crippen LogP contribution in [0.2, 0.25) is 0 Å². The Hall–Kier alpha value is -1.59. The van der Waals surface area contributed by atoms with E-state index >= 15 is 0 Å². The number of aryl methyl sites for hydroxylation is 1. The fourth-order valence-corrected chi connectivity index (χ4v) is 3.21. The van der Waals surface area contributed by atoms with Gasteiger partial charge in [-0.15, -0.1) is 10.2 Å². The summed E-state index contributed by atoms with van der Waals surface area (Å²) in [6, 6.07) is -0.0570. The van der Waals surface area contributed by atoms with E-state index < -0.39 is 0 Å². The lowest BCUT2D eigenvalue weighted by Gasteiger charge is -2.31. The maximum Gasteiger partial charge on any atom is 0.317 e. The summed E-state index contributed by atoms with van der Waals surface area (Å²) in [5, 5.41) is 11.5. The summed E-state index contributed by atoms with van der Waals surface area (Å²) < 4.78 is 2.14. The molecule has 1 fully saturated rings. The third kappa shape index (κ3) is 2.51. The average molecular weight is 277 g/mol. The van der Waals surface area contributed by atoms with Gasteiger partial charge in [-0.05, 0) is 32.1 Å². The van der Waals surface area contributed by atoms with Gasteiger partial charge in [0, 0.05) is 26.1 Å². The molecule has 2 unspecified atom stereocenters. The normalized spacial score (nSPS) is 23.5. The van der Waals surface area contributed by atoms with Crippen molar-refractivity contribution >= 4 is 6.03 Å². The molecule has 0 aliphatic carbocycles. The van der Waals surface area contributed by atoms with Gasteiger partial charge in [-0.1, -0.05) is 6.92 Å². The molecular weight excluding hydrogens is 254 g/mol. The van der Waals surface area contributed by atoms with Gasteiger partial charge in [0.25, 0.3) is 0 Å². The minimum absolute atomic E-state index is 0.0272. The Balaban J connectivity index is 1.63. The fourth-order valence-electron chi connectivity index (χ4n) is 3.21. The topological polar surface area (TPSA) is 63.1 Å². The van der Waals surface area contributed by atoms with Crippen LogP contribution in [0.4, 0.5) is 4.79 Å². The van der Waals surface area contributed by atoms with E-state index in [1.807, 2.05) is 11.8 Å². The lowest BCUT2D eigenvalue weighted by Crippen LogP contribution is -2.46. The van der Waals surface area contributed by atoms with Crippen LogP contribution < -0.4 is 5.32 Å². The number of hydrogen-bond acceptors (Lipinski definition) is 3. The molecule has 0 saturated carbocycles. The molecule has 1 saturated heterocycles. The number of nitrogens with zero attached hydrogens (tertiary/aromatic N) is 4. The summed E-state index contributed by atoms with van der Waals surface area (Å²) in [5.74, 6) is 2.53. The number of carbonyl (C=O) groups excluding carboxylic acids is 1. The SMILES string of the molecule is CC1CCCN(C(=O)NC(C)c2nnc3n2CCC3)C1. The van der Waals surface area contributed by atoms with E-state index in [1.54, 1.807) is 0 Å². The van der Waals surface area contributed by atoms with Gasteiger partial charge >= 0.3 is 6.03 Å². The van der Waals surface area contributed by atoms with Crippen LogP contribution in [0.25, 0.3) is 0 Å². The first-order valence-corrected chi connectivity index (χ1v) is 7.62. The molecule has 1 aromatic heterocycles. The van der Waals surface area contributed by atoms with Crippen molar-refractivity contribution in [1.29, 1.82) is 0 Å². The molecule has 0 spiro atoms. The smallest absolute Gasteiger partial charge is 0.317 e. The summed E-state index contributed by atoms with van der Waals surface area (Å²) >= 11 is 0. The first kappa shape index (κ1) is 13.4.